The van der Waals surface area contributed by atoms with Gasteiger partial charge < -0.3 is 14.6 Å². The molecule has 1 aromatic heterocycles. The van der Waals surface area contributed by atoms with Gasteiger partial charge in [0.2, 0.25) is 0 Å². The molecule has 0 aliphatic carbocycles. The lowest BCUT2D eigenvalue weighted by Crippen LogP contribution is -2.23. The molecule has 0 saturated carbocycles. The number of hydrogen-bond donors (Lipinski definition) is 1. The molecule has 32 heavy (non-hydrogen) atoms. The summed E-state index contributed by atoms with van der Waals surface area (Å²) in [4.78, 5) is 28.7. The fourth-order valence-electron chi connectivity index (χ4n) is 2.85. The Kier molecular flexibility index (Phi) is 7.58. The van der Waals surface area contributed by atoms with Crippen LogP contribution in [0.5, 0.6) is 11.5 Å². The Morgan fingerprint density at radius 1 is 1.38 bits per heavy atom. The molecule has 0 aliphatic heterocycles. The number of aromatic nitrogens is 2. The summed E-state index contributed by atoms with van der Waals surface area (Å²) in [5.74, 6) is -0.356. The van der Waals surface area contributed by atoms with E-state index in [0.29, 0.717) is 33.2 Å². The Labute approximate surface area is 205 Å². The molecule has 0 radical (unpaired) electrons. The van der Waals surface area contributed by atoms with Crippen molar-refractivity contribution in [1.82, 2.24) is 9.66 Å². The smallest absolute Gasteiger partial charge is 0.344 e. The van der Waals surface area contributed by atoms with Crippen molar-refractivity contribution in [2.24, 2.45) is 5.10 Å². The minimum absolute atomic E-state index is 0.0803. The van der Waals surface area contributed by atoms with Crippen molar-refractivity contribution in [3.63, 3.8) is 0 Å². The van der Waals surface area contributed by atoms with Crippen molar-refractivity contribution in [1.29, 1.82) is 0 Å². The predicted molar refractivity (Wildman–Crippen MR) is 130 cm³/mol. The van der Waals surface area contributed by atoms with Gasteiger partial charge >= 0.3 is 5.97 Å². The monoisotopic (exact) mass is 585 g/mol. The van der Waals surface area contributed by atoms with E-state index in [9.17, 15) is 9.59 Å². The molecule has 0 fully saturated rings. The maximum Gasteiger partial charge on any atom is 0.344 e. The van der Waals surface area contributed by atoms with Crippen LogP contribution < -0.4 is 15.0 Å². The minimum Gasteiger partial charge on any atom is -0.493 e. The Morgan fingerprint density at radius 3 is 2.72 bits per heavy atom. The van der Waals surface area contributed by atoms with Crippen LogP contribution in [-0.2, 0) is 11.2 Å². The van der Waals surface area contributed by atoms with Crippen molar-refractivity contribution >= 4 is 66.5 Å². The largest absolute Gasteiger partial charge is 0.493 e. The third kappa shape index (κ3) is 4.82. The highest BCUT2D eigenvalue weighted by Gasteiger charge is 2.22. The van der Waals surface area contributed by atoms with Crippen LogP contribution in [0.3, 0.4) is 0 Å². The van der Waals surface area contributed by atoms with E-state index in [0.717, 1.165) is 4.47 Å². The second-order valence-electron chi connectivity index (χ2n) is 6.63. The summed E-state index contributed by atoms with van der Waals surface area (Å²) in [6.45, 7) is 3.26. The summed E-state index contributed by atoms with van der Waals surface area (Å²) in [6, 6.07) is 6.86. The summed E-state index contributed by atoms with van der Waals surface area (Å²) in [5.41, 5.74) is 0.765. The van der Waals surface area contributed by atoms with Crippen molar-refractivity contribution in [3.05, 3.63) is 60.0 Å². The van der Waals surface area contributed by atoms with Crippen LogP contribution in [-0.4, -0.2) is 40.2 Å². The van der Waals surface area contributed by atoms with Gasteiger partial charge in [-0.3, -0.25) is 4.79 Å². The zero-order chi connectivity index (χ0) is 23.6. The number of fused-ring (bicyclic) bond motifs is 1. The van der Waals surface area contributed by atoms with Gasteiger partial charge in [-0.25, -0.2) is 9.78 Å². The van der Waals surface area contributed by atoms with Gasteiger partial charge in [-0.2, -0.15) is 9.78 Å². The van der Waals surface area contributed by atoms with Crippen molar-refractivity contribution in [2.45, 2.75) is 26.4 Å². The van der Waals surface area contributed by atoms with Crippen LogP contribution in [0.2, 0.25) is 5.02 Å². The molecule has 2 aromatic carbocycles. The summed E-state index contributed by atoms with van der Waals surface area (Å²) < 4.78 is 13.2. The summed E-state index contributed by atoms with van der Waals surface area (Å²) >= 11 is 13.2. The number of nitrogens with zero attached hydrogens (tertiary/aromatic N) is 3. The van der Waals surface area contributed by atoms with Crippen LogP contribution in [0.1, 0.15) is 25.2 Å². The van der Waals surface area contributed by atoms with Crippen molar-refractivity contribution < 1.29 is 19.4 Å². The molecular weight excluding hydrogens is 570 g/mol. The predicted octanol–water partition coefficient (Wildman–Crippen LogP) is 4.88. The average Bonchev–Trinajstić information content (AvgIpc) is 2.77. The van der Waals surface area contributed by atoms with Gasteiger partial charge in [-0.05, 0) is 47.1 Å². The van der Waals surface area contributed by atoms with Gasteiger partial charge in [-0.15, -0.1) is 0 Å². The number of carboxylic acid groups (broad SMARTS) is 1. The number of aryl methyl sites for hydroxylation is 1. The first-order chi connectivity index (χ1) is 15.2. The van der Waals surface area contributed by atoms with Gasteiger partial charge in [0, 0.05) is 20.9 Å². The molecule has 1 N–H and O–H groups in total. The maximum atomic E-state index is 13.0. The zero-order valence-electron chi connectivity index (χ0n) is 17.2. The first kappa shape index (κ1) is 24.2. The van der Waals surface area contributed by atoms with Gasteiger partial charge in [0.25, 0.3) is 5.56 Å². The molecule has 0 spiro atoms. The van der Waals surface area contributed by atoms with E-state index >= 15 is 0 Å². The fraction of sp³-hybridized carbons (Fsp3) is 0.238. The summed E-state index contributed by atoms with van der Waals surface area (Å²) in [6.07, 6.45) is 0.792. The lowest BCUT2D eigenvalue weighted by Gasteiger charge is -2.17. The highest BCUT2D eigenvalue weighted by atomic mass is 79.9. The number of aliphatic carboxylic acids is 1. The summed E-state index contributed by atoms with van der Waals surface area (Å²) in [5, 5.41) is 14.0. The molecule has 1 atom stereocenters. The molecule has 0 saturated heterocycles. The molecule has 168 valence electrons. The van der Waals surface area contributed by atoms with Crippen molar-refractivity contribution in [3.8, 4) is 11.5 Å². The van der Waals surface area contributed by atoms with Gasteiger partial charge in [0.1, 0.15) is 10.8 Å². The third-order valence-electron chi connectivity index (χ3n) is 4.52. The van der Waals surface area contributed by atoms with E-state index in [1.165, 1.54) is 24.9 Å². The first-order valence-corrected chi connectivity index (χ1v) is 11.3. The van der Waals surface area contributed by atoms with Crippen LogP contribution >= 0.6 is 43.5 Å². The average molecular weight is 588 g/mol. The molecule has 11 heteroatoms. The SMILES string of the molecule is CCc1nc2ccc(Br)cc2c(=O)n1N=Cc1cc(OC)c(O[C@H](C)C(=O)O)c(Cl)c1Br. The standard InChI is InChI=1S/C21H18Br2ClN3O5/c1-4-16-26-14-6-5-12(22)8-13(14)20(28)27(16)25-9-11-7-15(31-3)19(18(24)17(11)23)32-10(2)21(29)30/h5-10H,4H2,1-3H3,(H,29,30)/t10-/m1/s1. The topological polar surface area (TPSA) is 103 Å². The molecule has 3 rings (SSSR count). The fourth-order valence-corrected chi connectivity index (χ4v) is 3.85. The molecule has 0 amide bonds. The van der Waals surface area contributed by atoms with Crippen LogP contribution in [0.15, 0.2) is 43.1 Å². The summed E-state index contributed by atoms with van der Waals surface area (Å²) in [7, 11) is 1.41. The number of methoxy groups -OCH3 is 1. The third-order valence-corrected chi connectivity index (χ3v) is 6.46. The lowest BCUT2D eigenvalue weighted by atomic mass is 10.2. The van der Waals surface area contributed by atoms with Crippen LogP contribution in [0.25, 0.3) is 10.9 Å². The number of halogens is 3. The molecule has 3 aromatic rings. The normalized spacial score (nSPS) is 12.3. The van der Waals surface area contributed by atoms with E-state index in [2.05, 4.69) is 41.9 Å². The number of carboxylic acids is 1. The van der Waals surface area contributed by atoms with E-state index in [1.807, 2.05) is 13.0 Å². The molecule has 0 aliphatic rings. The maximum absolute atomic E-state index is 13.0. The lowest BCUT2D eigenvalue weighted by molar-refractivity contribution is -0.144. The van der Waals surface area contributed by atoms with Gasteiger partial charge in [-0.1, -0.05) is 34.5 Å². The first-order valence-electron chi connectivity index (χ1n) is 9.38. The van der Waals surface area contributed by atoms with Crippen LogP contribution in [0, 0.1) is 0 Å². The molecule has 0 unspecified atom stereocenters. The molecule has 0 bridgehead atoms. The zero-order valence-corrected chi connectivity index (χ0v) is 21.2. The van der Waals surface area contributed by atoms with Gasteiger partial charge in [0.15, 0.2) is 17.6 Å². The van der Waals surface area contributed by atoms with E-state index in [1.54, 1.807) is 18.2 Å². The quantitative estimate of drug-likeness (QED) is 0.396. The highest BCUT2D eigenvalue weighted by Crippen LogP contribution is 2.42. The Morgan fingerprint density at radius 2 is 2.09 bits per heavy atom. The molecule has 1 heterocycles. The number of ether oxygens (including phenoxy) is 2. The van der Waals surface area contributed by atoms with E-state index < -0.39 is 12.1 Å². The second-order valence-corrected chi connectivity index (χ2v) is 8.71. The number of carbonyl (C=O) groups is 1. The van der Waals surface area contributed by atoms with E-state index in [4.69, 9.17) is 26.2 Å². The van der Waals surface area contributed by atoms with Crippen molar-refractivity contribution in [2.75, 3.05) is 7.11 Å². The number of benzene rings is 2. The second kappa shape index (κ2) is 10.0. The minimum atomic E-state index is -1.15. The Bertz CT molecular complexity index is 1290. The van der Waals surface area contributed by atoms with E-state index in [-0.39, 0.29) is 22.1 Å². The highest BCUT2D eigenvalue weighted by molar-refractivity contribution is 9.10. The van der Waals surface area contributed by atoms with Gasteiger partial charge in [0.05, 0.1) is 24.2 Å². The Hall–Kier alpha value is -2.43. The Balaban J connectivity index is 2.11. The van der Waals surface area contributed by atoms with Crippen LogP contribution in [0.4, 0.5) is 0 Å². The number of hydrogen-bond acceptors (Lipinski definition) is 6. The molecular formula is C21H18Br2ClN3O5. The molecule has 8 nitrogen and oxygen atoms in total. The number of rotatable bonds is 7.